The molecular formula is C33H33BrFN3O4S. The van der Waals surface area contributed by atoms with Gasteiger partial charge >= 0.3 is 0 Å². The second-order valence-corrected chi connectivity index (χ2v) is 13.1. The average Bonchev–Trinajstić information content (AvgIpc) is 2.99. The van der Waals surface area contributed by atoms with Gasteiger partial charge in [0.2, 0.25) is 11.8 Å². The first kappa shape index (κ1) is 31.9. The average molecular weight is 667 g/mol. The highest BCUT2D eigenvalue weighted by Crippen LogP contribution is 2.27. The summed E-state index contributed by atoms with van der Waals surface area (Å²) >= 11 is 3.42. The predicted molar refractivity (Wildman–Crippen MR) is 169 cm³/mol. The van der Waals surface area contributed by atoms with Gasteiger partial charge in [0.15, 0.2) is 0 Å². The standard InChI is InChI=1S/C33H33BrFN3O4S/c1-24(2)36-33(40)31(21-25-11-5-3-6-12-25)37(22-26-17-19-27(34)20-18-26)32(39)23-38(30-16-10-9-15-29(30)35)43(41,42)28-13-7-4-8-14-28/h3-20,24,31H,21-23H2,1-2H3,(H,36,40)/t31-/m0/s1. The second-order valence-electron chi connectivity index (χ2n) is 10.3. The quantitative estimate of drug-likeness (QED) is 0.203. The summed E-state index contributed by atoms with van der Waals surface area (Å²) in [5.41, 5.74) is 1.28. The smallest absolute Gasteiger partial charge is 0.264 e. The van der Waals surface area contributed by atoms with Crippen LogP contribution in [0.25, 0.3) is 0 Å². The molecule has 4 aromatic carbocycles. The molecule has 0 heterocycles. The normalized spacial score (nSPS) is 12.0. The Labute approximate surface area is 260 Å². The number of para-hydroxylation sites is 1. The first-order valence-electron chi connectivity index (χ1n) is 13.8. The number of hydrogen-bond donors (Lipinski definition) is 1. The number of nitrogens with zero attached hydrogens (tertiary/aromatic N) is 2. The van der Waals surface area contributed by atoms with Crippen molar-refractivity contribution in [1.82, 2.24) is 10.2 Å². The Morgan fingerprint density at radius 2 is 1.40 bits per heavy atom. The molecule has 10 heteroatoms. The number of carbonyl (C=O) groups is 2. The number of nitrogens with one attached hydrogen (secondary N) is 1. The minimum atomic E-state index is -4.37. The van der Waals surface area contributed by atoms with Crippen molar-refractivity contribution in [3.8, 4) is 0 Å². The molecule has 0 fully saturated rings. The van der Waals surface area contributed by atoms with Crippen LogP contribution in [0.2, 0.25) is 0 Å². The number of amides is 2. The van der Waals surface area contributed by atoms with Crippen LogP contribution in [0.4, 0.5) is 10.1 Å². The maximum atomic E-state index is 15.1. The van der Waals surface area contributed by atoms with Crippen LogP contribution in [0, 0.1) is 5.82 Å². The highest BCUT2D eigenvalue weighted by Gasteiger charge is 2.35. The molecule has 1 N–H and O–H groups in total. The van der Waals surface area contributed by atoms with Crippen LogP contribution >= 0.6 is 15.9 Å². The van der Waals surface area contributed by atoms with Crippen LogP contribution in [0.3, 0.4) is 0 Å². The Morgan fingerprint density at radius 3 is 2.00 bits per heavy atom. The monoisotopic (exact) mass is 665 g/mol. The number of anilines is 1. The molecule has 4 rings (SSSR count). The van der Waals surface area contributed by atoms with E-state index in [0.717, 1.165) is 26.0 Å². The zero-order valence-electron chi connectivity index (χ0n) is 23.9. The van der Waals surface area contributed by atoms with Crippen molar-refractivity contribution in [1.29, 1.82) is 0 Å². The van der Waals surface area contributed by atoms with Gasteiger partial charge in [-0.05, 0) is 61.4 Å². The van der Waals surface area contributed by atoms with Gasteiger partial charge in [0.1, 0.15) is 18.4 Å². The zero-order chi connectivity index (χ0) is 31.0. The molecule has 0 aliphatic heterocycles. The molecule has 0 unspecified atom stereocenters. The summed E-state index contributed by atoms with van der Waals surface area (Å²) in [5.74, 6) is -1.84. The second kappa shape index (κ2) is 14.4. The molecule has 0 radical (unpaired) electrons. The lowest BCUT2D eigenvalue weighted by Crippen LogP contribution is -2.54. The topological polar surface area (TPSA) is 86.8 Å². The van der Waals surface area contributed by atoms with Crippen LogP contribution in [0.5, 0.6) is 0 Å². The van der Waals surface area contributed by atoms with Crippen LogP contribution in [0.15, 0.2) is 119 Å². The summed E-state index contributed by atoms with van der Waals surface area (Å²) in [6.07, 6.45) is 0.187. The third-order valence-electron chi connectivity index (χ3n) is 6.70. The van der Waals surface area contributed by atoms with E-state index in [-0.39, 0.29) is 35.5 Å². The summed E-state index contributed by atoms with van der Waals surface area (Å²) in [5, 5.41) is 2.91. The molecule has 2 amide bonds. The SMILES string of the molecule is CC(C)NC(=O)[C@H](Cc1ccccc1)N(Cc1ccc(Br)cc1)C(=O)CN(c1ccccc1F)S(=O)(=O)c1ccccc1. The van der Waals surface area contributed by atoms with E-state index in [4.69, 9.17) is 0 Å². The van der Waals surface area contributed by atoms with Crippen molar-refractivity contribution in [2.75, 3.05) is 10.8 Å². The Kier molecular flexibility index (Phi) is 10.7. The van der Waals surface area contributed by atoms with E-state index in [1.165, 1.54) is 35.2 Å². The minimum absolute atomic E-state index is 0.0195. The number of hydrogen-bond acceptors (Lipinski definition) is 4. The largest absolute Gasteiger partial charge is 0.352 e. The van der Waals surface area contributed by atoms with Gasteiger partial charge in [0.25, 0.3) is 10.0 Å². The van der Waals surface area contributed by atoms with Crippen LogP contribution in [-0.4, -0.2) is 43.8 Å². The van der Waals surface area contributed by atoms with E-state index in [9.17, 15) is 18.0 Å². The molecule has 0 aliphatic carbocycles. The van der Waals surface area contributed by atoms with Gasteiger partial charge in [0, 0.05) is 23.5 Å². The van der Waals surface area contributed by atoms with Crippen molar-refractivity contribution >= 4 is 43.5 Å². The molecule has 7 nitrogen and oxygen atoms in total. The minimum Gasteiger partial charge on any atom is -0.352 e. The molecular weight excluding hydrogens is 633 g/mol. The van der Waals surface area contributed by atoms with Crippen LogP contribution < -0.4 is 9.62 Å². The summed E-state index contributed by atoms with van der Waals surface area (Å²) in [7, 11) is -4.37. The molecule has 43 heavy (non-hydrogen) atoms. The van der Waals surface area contributed by atoms with Gasteiger partial charge < -0.3 is 10.2 Å². The highest BCUT2D eigenvalue weighted by atomic mass is 79.9. The highest BCUT2D eigenvalue weighted by molar-refractivity contribution is 9.10. The summed E-state index contributed by atoms with van der Waals surface area (Å²) in [4.78, 5) is 29.3. The first-order chi connectivity index (χ1) is 20.6. The zero-order valence-corrected chi connectivity index (χ0v) is 26.3. The summed E-state index contributed by atoms with van der Waals surface area (Å²) in [6, 6.07) is 28.3. The molecule has 1 atom stereocenters. The lowest BCUT2D eigenvalue weighted by molar-refractivity contribution is -0.140. The molecule has 0 saturated heterocycles. The number of benzene rings is 4. The van der Waals surface area contributed by atoms with Gasteiger partial charge in [0.05, 0.1) is 10.6 Å². The van der Waals surface area contributed by atoms with E-state index in [0.29, 0.717) is 0 Å². The summed E-state index contributed by atoms with van der Waals surface area (Å²) < 4.78 is 44.5. The summed E-state index contributed by atoms with van der Waals surface area (Å²) in [6.45, 7) is 2.94. The number of halogens is 2. The number of rotatable bonds is 12. The fourth-order valence-corrected chi connectivity index (χ4v) is 6.32. The van der Waals surface area contributed by atoms with E-state index >= 15 is 4.39 Å². The first-order valence-corrected chi connectivity index (χ1v) is 16.0. The fraction of sp³-hybridized carbons (Fsp3) is 0.212. The van der Waals surface area contributed by atoms with Crippen molar-refractivity contribution < 1.29 is 22.4 Å². The molecule has 4 aromatic rings. The molecule has 0 bridgehead atoms. The van der Waals surface area contributed by atoms with Crippen LogP contribution in [0.1, 0.15) is 25.0 Å². The van der Waals surface area contributed by atoms with E-state index in [1.54, 1.807) is 18.2 Å². The van der Waals surface area contributed by atoms with E-state index in [2.05, 4.69) is 21.2 Å². The van der Waals surface area contributed by atoms with Gasteiger partial charge in [-0.25, -0.2) is 12.8 Å². The van der Waals surface area contributed by atoms with Crippen LogP contribution in [-0.2, 0) is 32.6 Å². The molecule has 0 aliphatic rings. The van der Waals surface area contributed by atoms with Crippen molar-refractivity contribution in [3.05, 3.63) is 131 Å². The molecule has 0 saturated carbocycles. The Balaban J connectivity index is 1.80. The Hall–Kier alpha value is -4.02. The third-order valence-corrected chi connectivity index (χ3v) is 9.00. The van der Waals surface area contributed by atoms with Crippen molar-refractivity contribution in [3.63, 3.8) is 0 Å². The lowest BCUT2D eigenvalue weighted by Gasteiger charge is -2.34. The Morgan fingerprint density at radius 1 is 0.814 bits per heavy atom. The molecule has 0 spiro atoms. The third kappa shape index (κ3) is 8.30. The fourth-order valence-electron chi connectivity index (χ4n) is 4.61. The molecule has 224 valence electrons. The van der Waals surface area contributed by atoms with Crippen molar-refractivity contribution in [2.24, 2.45) is 0 Å². The van der Waals surface area contributed by atoms with Gasteiger partial charge in [-0.1, -0.05) is 88.7 Å². The maximum absolute atomic E-state index is 15.1. The van der Waals surface area contributed by atoms with Gasteiger partial charge in [-0.15, -0.1) is 0 Å². The van der Waals surface area contributed by atoms with E-state index < -0.39 is 34.3 Å². The van der Waals surface area contributed by atoms with Gasteiger partial charge in [-0.3, -0.25) is 13.9 Å². The Bertz CT molecular complexity index is 1640. The maximum Gasteiger partial charge on any atom is 0.264 e. The molecule has 0 aromatic heterocycles. The predicted octanol–water partition coefficient (Wildman–Crippen LogP) is 5.95. The van der Waals surface area contributed by atoms with Gasteiger partial charge in [-0.2, -0.15) is 0 Å². The lowest BCUT2D eigenvalue weighted by atomic mass is 10.0. The number of sulfonamides is 1. The van der Waals surface area contributed by atoms with Crippen molar-refractivity contribution in [2.45, 2.75) is 43.8 Å². The number of carbonyl (C=O) groups excluding carboxylic acids is 2. The van der Waals surface area contributed by atoms with E-state index in [1.807, 2.05) is 68.4 Å².